The van der Waals surface area contributed by atoms with Gasteiger partial charge in [-0.05, 0) is 46.5 Å². The summed E-state index contributed by atoms with van der Waals surface area (Å²) < 4.78 is 0. The van der Waals surface area contributed by atoms with Gasteiger partial charge in [0.15, 0.2) is 0 Å². The second-order valence-corrected chi connectivity index (χ2v) is 5.80. The van der Waals surface area contributed by atoms with Gasteiger partial charge < -0.3 is 0 Å². The third-order valence-electron chi connectivity index (χ3n) is 3.93. The molecule has 0 N–H and O–H groups in total. The van der Waals surface area contributed by atoms with E-state index in [-0.39, 0.29) is 0 Å². The standard InChI is InChI=1S/C24H16N2/c25-17-23-14-11-21(12-15-23)9-6-19-4-7-20(8-5-19)10-13-22-2-1-3-24(16-22)18-26/h1-16H/b9-6+,13-10+. The lowest BCUT2D eigenvalue weighted by Gasteiger charge is -1.98. The minimum atomic E-state index is 0.662. The predicted octanol–water partition coefficient (Wildman–Crippen LogP) is 5.77. The largest absolute Gasteiger partial charge is 0.192 e. The monoisotopic (exact) mass is 332 g/mol. The van der Waals surface area contributed by atoms with Crippen molar-refractivity contribution in [1.82, 2.24) is 0 Å². The zero-order valence-corrected chi connectivity index (χ0v) is 14.1. The summed E-state index contributed by atoms with van der Waals surface area (Å²) in [6.45, 7) is 0. The molecular formula is C24H16N2. The van der Waals surface area contributed by atoms with Crippen molar-refractivity contribution < 1.29 is 0 Å². The van der Waals surface area contributed by atoms with Crippen LogP contribution < -0.4 is 0 Å². The van der Waals surface area contributed by atoms with Crippen LogP contribution in [0.3, 0.4) is 0 Å². The highest BCUT2D eigenvalue weighted by atomic mass is 14.2. The first-order chi connectivity index (χ1) is 12.8. The molecule has 122 valence electrons. The molecule has 0 aromatic heterocycles. The average Bonchev–Trinajstić information content (AvgIpc) is 2.72. The van der Waals surface area contributed by atoms with Gasteiger partial charge in [-0.2, -0.15) is 10.5 Å². The van der Waals surface area contributed by atoms with Crippen LogP contribution in [0, 0.1) is 22.7 Å². The molecular weight excluding hydrogens is 316 g/mol. The number of benzene rings is 3. The molecule has 0 aliphatic rings. The number of hydrogen-bond acceptors (Lipinski definition) is 2. The molecule has 0 atom stereocenters. The van der Waals surface area contributed by atoms with Gasteiger partial charge in [0, 0.05) is 0 Å². The maximum Gasteiger partial charge on any atom is 0.0991 e. The molecule has 0 heterocycles. The van der Waals surface area contributed by atoms with E-state index in [9.17, 15) is 0 Å². The fourth-order valence-corrected chi connectivity index (χ4v) is 2.48. The van der Waals surface area contributed by atoms with Gasteiger partial charge in [0.05, 0.1) is 23.3 Å². The van der Waals surface area contributed by atoms with Crippen molar-refractivity contribution in [3.63, 3.8) is 0 Å². The molecule has 0 radical (unpaired) electrons. The van der Waals surface area contributed by atoms with E-state index in [0.717, 1.165) is 22.3 Å². The number of rotatable bonds is 4. The summed E-state index contributed by atoms with van der Waals surface area (Å²) in [4.78, 5) is 0. The molecule has 3 rings (SSSR count). The number of nitriles is 2. The molecule has 2 nitrogen and oxygen atoms in total. The van der Waals surface area contributed by atoms with Gasteiger partial charge >= 0.3 is 0 Å². The molecule has 0 bridgehead atoms. The van der Waals surface area contributed by atoms with Crippen molar-refractivity contribution in [2.75, 3.05) is 0 Å². The lowest BCUT2D eigenvalue weighted by atomic mass is 10.1. The molecule has 0 unspecified atom stereocenters. The first kappa shape index (κ1) is 17.0. The smallest absolute Gasteiger partial charge is 0.0991 e. The van der Waals surface area contributed by atoms with Gasteiger partial charge in [0.2, 0.25) is 0 Å². The predicted molar refractivity (Wildman–Crippen MR) is 107 cm³/mol. The molecule has 0 aliphatic carbocycles. The molecule has 2 heteroatoms. The van der Waals surface area contributed by atoms with Crippen molar-refractivity contribution >= 4 is 24.3 Å². The van der Waals surface area contributed by atoms with E-state index in [1.807, 2.05) is 66.8 Å². The molecule has 0 saturated heterocycles. The van der Waals surface area contributed by atoms with E-state index in [0.29, 0.717) is 11.1 Å². The van der Waals surface area contributed by atoms with Crippen molar-refractivity contribution in [2.45, 2.75) is 0 Å². The van der Waals surface area contributed by atoms with Crippen molar-refractivity contribution in [2.24, 2.45) is 0 Å². The fourth-order valence-electron chi connectivity index (χ4n) is 2.48. The Bertz CT molecular complexity index is 1030. The summed E-state index contributed by atoms with van der Waals surface area (Å²) in [6.07, 6.45) is 8.11. The van der Waals surface area contributed by atoms with Crippen LogP contribution in [0.1, 0.15) is 33.4 Å². The van der Waals surface area contributed by atoms with Crippen LogP contribution >= 0.6 is 0 Å². The topological polar surface area (TPSA) is 47.6 Å². The van der Waals surface area contributed by atoms with Crippen LogP contribution in [0.4, 0.5) is 0 Å². The van der Waals surface area contributed by atoms with E-state index in [1.54, 1.807) is 6.07 Å². The third-order valence-corrected chi connectivity index (χ3v) is 3.93. The van der Waals surface area contributed by atoms with Gasteiger partial charge in [-0.1, -0.05) is 72.8 Å². The first-order valence-electron chi connectivity index (χ1n) is 8.23. The Hall–Kier alpha value is -3.88. The minimum Gasteiger partial charge on any atom is -0.192 e. The normalized spacial score (nSPS) is 10.7. The molecule has 3 aromatic rings. The highest BCUT2D eigenvalue weighted by molar-refractivity contribution is 5.73. The van der Waals surface area contributed by atoms with E-state index in [4.69, 9.17) is 10.5 Å². The Balaban J connectivity index is 1.68. The molecule has 26 heavy (non-hydrogen) atoms. The van der Waals surface area contributed by atoms with Gasteiger partial charge in [0.25, 0.3) is 0 Å². The highest BCUT2D eigenvalue weighted by Gasteiger charge is 1.93. The van der Waals surface area contributed by atoms with Crippen molar-refractivity contribution in [1.29, 1.82) is 10.5 Å². The molecule has 0 spiro atoms. The second kappa shape index (κ2) is 8.29. The summed E-state index contributed by atoms with van der Waals surface area (Å²) in [7, 11) is 0. The zero-order valence-electron chi connectivity index (χ0n) is 14.1. The minimum absolute atomic E-state index is 0.662. The van der Waals surface area contributed by atoms with Gasteiger partial charge in [-0.15, -0.1) is 0 Å². The van der Waals surface area contributed by atoms with E-state index in [2.05, 4.69) is 36.4 Å². The van der Waals surface area contributed by atoms with Crippen molar-refractivity contribution in [3.8, 4) is 12.1 Å². The Labute approximate surface area is 153 Å². The molecule has 3 aromatic carbocycles. The summed E-state index contributed by atoms with van der Waals surface area (Å²) in [6, 6.07) is 27.5. The van der Waals surface area contributed by atoms with E-state index in [1.165, 1.54) is 0 Å². The van der Waals surface area contributed by atoms with Crippen LogP contribution in [0.15, 0.2) is 72.8 Å². The van der Waals surface area contributed by atoms with Gasteiger partial charge in [-0.25, -0.2) is 0 Å². The molecule has 0 fully saturated rings. The zero-order chi connectivity index (χ0) is 18.2. The van der Waals surface area contributed by atoms with Crippen LogP contribution in [-0.4, -0.2) is 0 Å². The fraction of sp³-hybridized carbons (Fsp3) is 0. The van der Waals surface area contributed by atoms with Crippen LogP contribution in [-0.2, 0) is 0 Å². The summed E-state index contributed by atoms with van der Waals surface area (Å²) in [5.41, 5.74) is 5.61. The Morgan fingerprint density at radius 3 is 1.46 bits per heavy atom. The maximum absolute atomic E-state index is 8.94. The summed E-state index contributed by atoms with van der Waals surface area (Å²) in [5.74, 6) is 0. The van der Waals surface area contributed by atoms with Crippen molar-refractivity contribution in [3.05, 3.63) is 106 Å². The second-order valence-electron chi connectivity index (χ2n) is 5.80. The lowest BCUT2D eigenvalue weighted by Crippen LogP contribution is -1.78. The third kappa shape index (κ3) is 4.57. The SMILES string of the molecule is N#Cc1ccc(/C=C/c2ccc(/C=C/c3cccc(C#N)c3)cc2)cc1. The lowest BCUT2D eigenvalue weighted by molar-refractivity contribution is 1.48. The summed E-state index contributed by atoms with van der Waals surface area (Å²) >= 11 is 0. The average molecular weight is 332 g/mol. The Morgan fingerprint density at radius 2 is 0.962 bits per heavy atom. The Kier molecular flexibility index (Phi) is 5.41. The Morgan fingerprint density at radius 1 is 0.500 bits per heavy atom. The maximum atomic E-state index is 8.94. The van der Waals surface area contributed by atoms with Crippen LogP contribution in [0.25, 0.3) is 24.3 Å². The quantitative estimate of drug-likeness (QED) is 0.569. The first-order valence-corrected chi connectivity index (χ1v) is 8.23. The highest BCUT2D eigenvalue weighted by Crippen LogP contribution is 2.13. The number of hydrogen-bond donors (Lipinski definition) is 0. The van der Waals surface area contributed by atoms with E-state index < -0.39 is 0 Å². The van der Waals surface area contributed by atoms with Crippen LogP contribution in [0.2, 0.25) is 0 Å². The molecule has 0 aliphatic heterocycles. The molecule has 0 amide bonds. The van der Waals surface area contributed by atoms with Crippen LogP contribution in [0.5, 0.6) is 0 Å². The number of nitrogens with zero attached hydrogens (tertiary/aromatic N) is 2. The molecule has 0 saturated carbocycles. The van der Waals surface area contributed by atoms with E-state index >= 15 is 0 Å². The summed E-state index contributed by atoms with van der Waals surface area (Å²) in [5, 5.41) is 17.8. The van der Waals surface area contributed by atoms with Gasteiger partial charge in [0.1, 0.15) is 0 Å². The van der Waals surface area contributed by atoms with Gasteiger partial charge in [-0.3, -0.25) is 0 Å².